The minimum Gasteiger partial charge on any atom is -0.457 e. The molecule has 1 aliphatic rings. The summed E-state index contributed by atoms with van der Waals surface area (Å²) in [6.07, 6.45) is 0.283. The summed E-state index contributed by atoms with van der Waals surface area (Å²) >= 11 is 0. The van der Waals surface area contributed by atoms with Crippen LogP contribution in [0.5, 0.6) is 0 Å². The van der Waals surface area contributed by atoms with E-state index in [4.69, 9.17) is 9.47 Å². The number of aryl methyl sites for hydroxylation is 1. The summed E-state index contributed by atoms with van der Waals surface area (Å²) in [6, 6.07) is 1.31. The largest absolute Gasteiger partial charge is 0.457 e. The standard InChI is InChI=1S/C20H29N3O6/c1-13-11-15(14(2)22(13)9-10-28-5)16(24)12-29-17(25)7-6-8-23-18(26)20(3,4)21-19(23)27/h11H,6-10,12H2,1-5H3,(H,21,27). The lowest BCUT2D eigenvalue weighted by molar-refractivity contribution is -0.143. The van der Waals surface area contributed by atoms with Crippen molar-refractivity contribution in [1.29, 1.82) is 0 Å². The van der Waals surface area contributed by atoms with Crippen LogP contribution in [0.4, 0.5) is 4.79 Å². The van der Waals surface area contributed by atoms with E-state index in [9.17, 15) is 19.2 Å². The van der Waals surface area contributed by atoms with Crippen LogP contribution < -0.4 is 5.32 Å². The van der Waals surface area contributed by atoms with Gasteiger partial charge in [0.25, 0.3) is 5.91 Å². The molecule has 0 atom stereocenters. The number of methoxy groups -OCH3 is 1. The molecule has 29 heavy (non-hydrogen) atoms. The van der Waals surface area contributed by atoms with Gasteiger partial charge in [0, 0.05) is 43.6 Å². The Balaban J connectivity index is 1.80. The molecule has 2 rings (SSSR count). The van der Waals surface area contributed by atoms with Crippen molar-refractivity contribution < 1.29 is 28.7 Å². The number of hydrogen-bond acceptors (Lipinski definition) is 6. The van der Waals surface area contributed by atoms with Gasteiger partial charge in [0.15, 0.2) is 6.61 Å². The number of imide groups is 1. The summed E-state index contributed by atoms with van der Waals surface area (Å²) in [5, 5.41) is 2.58. The third kappa shape index (κ3) is 5.23. The van der Waals surface area contributed by atoms with E-state index in [-0.39, 0.29) is 37.7 Å². The maximum absolute atomic E-state index is 12.4. The molecule has 0 aliphatic carbocycles. The zero-order valence-electron chi connectivity index (χ0n) is 17.7. The first kappa shape index (κ1) is 22.6. The van der Waals surface area contributed by atoms with Gasteiger partial charge in [0.2, 0.25) is 5.78 Å². The third-order valence-electron chi connectivity index (χ3n) is 4.96. The maximum atomic E-state index is 12.4. The van der Waals surface area contributed by atoms with Gasteiger partial charge in [0.1, 0.15) is 5.54 Å². The lowest BCUT2D eigenvalue weighted by Gasteiger charge is -2.15. The summed E-state index contributed by atoms with van der Waals surface area (Å²) in [6.45, 7) is 7.95. The molecule has 1 saturated heterocycles. The molecule has 2 heterocycles. The number of carbonyl (C=O) groups is 4. The number of carbonyl (C=O) groups excluding carboxylic acids is 4. The van der Waals surface area contributed by atoms with E-state index < -0.39 is 17.5 Å². The number of Topliss-reactive ketones (excluding diaryl/α,β-unsaturated/α-hetero) is 1. The van der Waals surface area contributed by atoms with Gasteiger partial charge in [-0.15, -0.1) is 0 Å². The molecule has 0 unspecified atom stereocenters. The smallest absolute Gasteiger partial charge is 0.325 e. The Morgan fingerprint density at radius 3 is 2.45 bits per heavy atom. The van der Waals surface area contributed by atoms with Crippen molar-refractivity contribution in [2.24, 2.45) is 0 Å². The van der Waals surface area contributed by atoms with Crippen molar-refractivity contribution in [3.05, 3.63) is 23.0 Å². The number of ether oxygens (including phenoxy) is 2. The Hall–Kier alpha value is -2.68. The monoisotopic (exact) mass is 407 g/mol. The van der Waals surface area contributed by atoms with Gasteiger partial charge in [-0.25, -0.2) is 4.79 Å². The number of hydrogen-bond donors (Lipinski definition) is 1. The van der Waals surface area contributed by atoms with Crippen LogP contribution in [-0.4, -0.2) is 65.6 Å². The number of amides is 3. The minimum atomic E-state index is -0.931. The lowest BCUT2D eigenvalue weighted by Crippen LogP contribution is -2.40. The molecule has 0 aromatic carbocycles. The van der Waals surface area contributed by atoms with Crippen molar-refractivity contribution in [2.45, 2.75) is 52.6 Å². The molecule has 1 aliphatic heterocycles. The number of nitrogens with one attached hydrogen (secondary N) is 1. The molecule has 3 amide bonds. The summed E-state index contributed by atoms with van der Waals surface area (Å²) in [4.78, 5) is 49.3. The van der Waals surface area contributed by atoms with E-state index in [1.165, 1.54) is 0 Å². The summed E-state index contributed by atoms with van der Waals surface area (Å²) in [5.74, 6) is -1.14. The molecule has 160 valence electrons. The van der Waals surface area contributed by atoms with Gasteiger partial charge < -0.3 is 19.4 Å². The number of aromatic nitrogens is 1. The number of ketones is 1. The Bertz CT molecular complexity index is 811. The molecule has 0 radical (unpaired) electrons. The maximum Gasteiger partial charge on any atom is 0.325 e. The second kappa shape index (κ2) is 9.21. The summed E-state index contributed by atoms with van der Waals surface area (Å²) < 4.78 is 12.1. The first-order valence-electron chi connectivity index (χ1n) is 9.57. The minimum absolute atomic E-state index is 0.0115. The van der Waals surface area contributed by atoms with Gasteiger partial charge in [0.05, 0.1) is 6.61 Å². The van der Waals surface area contributed by atoms with E-state index in [1.54, 1.807) is 27.0 Å². The SMILES string of the molecule is COCCn1c(C)cc(C(=O)COC(=O)CCCN2C(=O)NC(C)(C)C2=O)c1C. The van der Waals surface area contributed by atoms with Crippen LogP contribution in [0.2, 0.25) is 0 Å². The fraction of sp³-hybridized carbons (Fsp3) is 0.600. The normalized spacial score (nSPS) is 15.6. The number of rotatable bonds is 10. The third-order valence-corrected chi connectivity index (χ3v) is 4.96. The Morgan fingerprint density at radius 1 is 1.17 bits per heavy atom. The van der Waals surface area contributed by atoms with Crippen molar-refractivity contribution >= 4 is 23.7 Å². The Labute approximate surface area is 170 Å². The number of nitrogens with zero attached hydrogens (tertiary/aromatic N) is 2. The van der Waals surface area contributed by atoms with Crippen molar-refractivity contribution in [2.75, 3.05) is 26.9 Å². The van der Waals surface area contributed by atoms with Gasteiger partial charge in [-0.2, -0.15) is 0 Å². The van der Waals surface area contributed by atoms with Crippen LogP contribution in [0.25, 0.3) is 0 Å². The van der Waals surface area contributed by atoms with Crippen LogP contribution in [0.1, 0.15) is 48.4 Å². The molecular formula is C20H29N3O6. The first-order chi connectivity index (χ1) is 13.6. The topological polar surface area (TPSA) is 107 Å². The van der Waals surface area contributed by atoms with Gasteiger partial charge in [-0.3, -0.25) is 19.3 Å². The predicted molar refractivity (Wildman–Crippen MR) is 105 cm³/mol. The predicted octanol–water partition coefficient (Wildman–Crippen LogP) is 1.59. The van der Waals surface area contributed by atoms with Crippen LogP contribution >= 0.6 is 0 Å². The Morgan fingerprint density at radius 2 is 1.86 bits per heavy atom. The van der Waals surface area contributed by atoms with Crippen LogP contribution in [0.3, 0.4) is 0 Å². The van der Waals surface area contributed by atoms with E-state index >= 15 is 0 Å². The van der Waals surface area contributed by atoms with E-state index in [0.29, 0.717) is 18.7 Å². The average Bonchev–Trinajstić information content (AvgIpc) is 3.04. The van der Waals surface area contributed by atoms with E-state index in [1.807, 2.05) is 18.4 Å². The average molecular weight is 407 g/mol. The van der Waals surface area contributed by atoms with Crippen LogP contribution in [0, 0.1) is 13.8 Å². The van der Waals surface area contributed by atoms with Gasteiger partial charge in [-0.1, -0.05) is 0 Å². The molecule has 1 fully saturated rings. The summed E-state index contributed by atoms with van der Waals surface area (Å²) in [7, 11) is 1.62. The fourth-order valence-corrected chi connectivity index (χ4v) is 3.31. The molecule has 0 saturated carbocycles. The van der Waals surface area contributed by atoms with Crippen molar-refractivity contribution in [3.8, 4) is 0 Å². The number of esters is 1. The molecule has 1 aromatic rings. The highest BCUT2D eigenvalue weighted by Gasteiger charge is 2.43. The highest BCUT2D eigenvalue weighted by molar-refractivity contribution is 6.06. The second-order valence-corrected chi connectivity index (χ2v) is 7.63. The quantitative estimate of drug-likeness (QED) is 0.359. The van der Waals surface area contributed by atoms with E-state index in [2.05, 4.69) is 5.32 Å². The summed E-state index contributed by atoms with van der Waals surface area (Å²) in [5.41, 5.74) is 1.33. The second-order valence-electron chi connectivity index (χ2n) is 7.63. The number of urea groups is 1. The first-order valence-corrected chi connectivity index (χ1v) is 9.57. The van der Waals surface area contributed by atoms with Crippen molar-refractivity contribution in [3.63, 3.8) is 0 Å². The molecule has 9 nitrogen and oxygen atoms in total. The molecule has 0 bridgehead atoms. The zero-order chi connectivity index (χ0) is 21.8. The molecule has 0 spiro atoms. The highest BCUT2D eigenvalue weighted by atomic mass is 16.5. The van der Waals surface area contributed by atoms with Crippen LogP contribution in [0.15, 0.2) is 6.07 Å². The van der Waals surface area contributed by atoms with Crippen LogP contribution in [-0.2, 0) is 25.6 Å². The van der Waals surface area contributed by atoms with E-state index in [0.717, 1.165) is 16.3 Å². The Kier molecular flexibility index (Phi) is 7.18. The molecule has 1 N–H and O–H groups in total. The van der Waals surface area contributed by atoms with Gasteiger partial charge >= 0.3 is 12.0 Å². The zero-order valence-corrected chi connectivity index (χ0v) is 17.7. The van der Waals surface area contributed by atoms with Crippen molar-refractivity contribution in [1.82, 2.24) is 14.8 Å². The molecular weight excluding hydrogens is 378 g/mol. The lowest BCUT2D eigenvalue weighted by atomic mass is 10.1. The van der Waals surface area contributed by atoms with Gasteiger partial charge in [-0.05, 0) is 40.2 Å². The molecule has 1 aromatic heterocycles. The highest BCUT2D eigenvalue weighted by Crippen LogP contribution is 2.18. The molecule has 9 heteroatoms. The fourth-order valence-electron chi connectivity index (χ4n) is 3.31.